The number of hydrogen-bond acceptors (Lipinski definition) is 14. The van der Waals surface area contributed by atoms with Gasteiger partial charge < -0.3 is 25.9 Å². The van der Waals surface area contributed by atoms with E-state index in [1.165, 1.54) is 42.6 Å². The summed E-state index contributed by atoms with van der Waals surface area (Å²) in [5.74, 6) is -0.947. The SMILES string of the molecule is CC(C)Oc1c(/C(C=N)=C/N)ncn2nc(Nc3ccc(S(=O)(=O)N4CC5(CCCN(CCOc6cccc7c6n(C)c(=O)n7C6CCC(=O)NC6=O)C5)C4)cc3F)nc12. The Balaban J connectivity index is 0.899. The summed E-state index contributed by atoms with van der Waals surface area (Å²) in [6.45, 7) is 6.56. The Bertz CT molecular complexity index is 2740. The van der Waals surface area contributed by atoms with Gasteiger partial charge in [-0.2, -0.15) is 13.8 Å². The van der Waals surface area contributed by atoms with E-state index in [1.54, 1.807) is 25.2 Å². The molecule has 1 unspecified atom stereocenters. The topological polar surface area (TPSA) is 237 Å². The van der Waals surface area contributed by atoms with Crippen LogP contribution in [0.25, 0.3) is 22.3 Å². The number of para-hydroxylation sites is 1. The molecule has 0 bridgehead atoms. The molecule has 3 aromatic heterocycles. The Morgan fingerprint density at radius 1 is 1.18 bits per heavy atom. The molecular formula is C39H45FN12O7S. The first kappa shape index (κ1) is 40.6. The Hall–Kier alpha value is -6.19. The number of piperidine rings is 2. The molecule has 2 amide bonds. The van der Waals surface area contributed by atoms with Crippen LogP contribution in [0.1, 0.15) is 51.3 Å². The standard InChI is InChI=1S/C39H45FN12O7S/c1-23(2)59-34-32(24(17-41)18-42)43-22-51-35(34)46-37(47-51)44-27-9-8-25(16-26(27)40)60(56,57)50-20-39(21-50)12-5-13-49(19-39)14-15-58-30-7-4-6-28-33(30)48(3)38(55)52(28)29-10-11-31(53)45-36(29)54/h4,6-9,16-18,22-23,29,41H,5,10-15,19-21,42H2,1-3H3,(H,44,47)(H,45,53,54)/b24-18+,41-17?. The summed E-state index contributed by atoms with van der Waals surface area (Å²) in [7, 11) is -2.38. The minimum Gasteiger partial charge on any atom is -0.490 e. The fourth-order valence-corrected chi connectivity index (χ4v) is 10.0. The first-order valence-corrected chi connectivity index (χ1v) is 21.0. The summed E-state index contributed by atoms with van der Waals surface area (Å²) in [6.07, 6.45) is 5.45. The van der Waals surface area contributed by atoms with Crippen molar-refractivity contribution in [2.45, 2.75) is 56.6 Å². The zero-order valence-electron chi connectivity index (χ0n) is 33.2. The second-order valence-electron chi connectivity index (χ2n) is 15.6. The van der Waals surface area contributed by atoms with Gasteiger partial charge in [-0.3, -0.25) is 28.9 Å². The van der Waals surface area contributed by atoms with Gasteiger partial charge in [0.2, 0.25) is 33.4 Å². The third-order valence-corrected chi connectivity index (χ3v) is 12.9. The fraction of sp³-hybridized carbons (Fsp3) is 0.410. The van der Waals surface area contributed by atoms with E-state index >= 15 is 4.39 Å². The molecule has 1 atom stereocenters. The maximum absolute atomic E-state index is 15.5. The predicted octanol–water partition coefficient (Wildman–Crippen LogP) is 2.54. The van der Waals surface area contributed by atoms with Crippen LogP contribution in [-0.2, 0) is 26.7 Å². The number of aromatic nitrogens is 6. The number of benzene rings is 2. The van der Waals surface area contributed by atoms with Crippen molar-refractivity contribution < 1.29 is 31.9 Å². The molecule has 19 nitrogen and oxygen atoms in total. The number of nitrogens with two attached hydrogens (primary N) is 1. The normalized spacial score (nSPS) is 18.9. The van der Waals surface area contributed by atoms with Crippen molar-refractivity contribution in [2.75, 3.05) is 44.6 Å². The molecule has 8 rings (SSSR count). The molecule has 0 radical (unpaired) electrons. The summed E-state index contributed by atoms with van der Waals surface area (Å²) in [4.78, 5) is 48.5. The highest BCUT2D eigenvalue weighted by Gasteiger charge is 2.50. The second-order valence-corrected chi connectivity index (χ2v) is 17.6. The van der Waals surface area contributed by atoms with Gasteiger partial charge in [-0.15, -0.1) is 5.10 Å². The molecule has 1 spiro atoms. The van der Waals surface area contributed by atoms with Crippen molar-refractivity contribution in [2.24, 2.45) is 18.2 Å². The van der Waals surface area contributed by atoms with Crippen LogP contribution in [0.4, 0.5) is 16.0 Å². The van der Waals surface area contributed by atoms with Crippen LogP contribution in [0.5, 0.6) is 11.5 Å². The largest absolute Gasteiger partial charge is 0.490 e. The summed E-state index contributed by atoms with van der Waals surface area (Å²) in [6, 6.07) is 8.13. The van der Waals surface area contributed by atoms with Crippen LogP contribution < -0.4 is 31.5 Å². The first-order valence-electron chi connectivity index (χ1n) is 19.5. The van der Waals surface area contributed by atoms with Crippen molar-refractivity contribution in [3.8, 4) is 11.5 Å². The number of halogens is 1. The summed E-state index contributed by atoms with van der Waals surface area (Å²) in [5, 5.41) is 17.2. The van der Waals surface area contributed by atoms with E-state index in [9.17, 15) is 22.8 Å². The lowest BCUT2D eigenvalue weighted by molar-refractivity contribution is -0.135. The lowest BCUT2D eigenvalue weighted by Crippen LogP contribution is -2.64. The highest BCUT2D eigenvalue weighted by molar-refractivity contribution is 7.89. The minimum atomic E-state index is -4.00. The van der Waals surface area contributed by atoms with Gasteiger partial charge in [-0.1, -0.05) is 6.07 Å². The number of ether oxygens (including phenoxy) is 2. The average Bonchev–Trinajstić information content (AvgIpc) is 3.73. The number of aryl methyl sites for hydroxylation is 1. The summed E-state index contributed by atoms with van der Waals surface area (Å²) >= 11 is 0. The van der Waals surface area contributed by atoms with Crippen molar-refractivity contribution in [1.29, 1.82) is 5.41 Å². The molecule has 316 valence electrons. The number of nitrogens with one attached hydrogen (secondary N) is 3. The molecule has 3 saturated heterocycles. The Morgan fingerprint density at radius 3 is 2.70 bits per heavy atom. The number of carbonyl (C=O) groups is 2. The maximum Gasteiger partial charge on any atom is 0.329 e. The molecule has 2 aromatic carbocycles. The fourth-order valence-electron chi connectivity index (χ4n) is 8.33. The maximum atomic E-state index is 15.5. The summed E-state index contributed by atoms with van der Waals surface area (Å²) < 4.78 is 60.7. The monoisotopic (exact) mass is 844 g/mol. The van der Waals surface area contributed by atoms with Crippen LogP contribution in [0, 0.1) is 16.6 Å². The van der Waals surface area contributed by atoms with Crippen LogP contribution in [0.3, 0.4) is 0 Å². The number of carbonyl (C=O) groups excluding carboxylic acids is 2. The van der Waals surface area contributed by atoms with Gasteiger partial charge in [-0.05, 0) is 70.0 Å². The van der Waals surface area contributed by atoms with Crippen molar-refractivity contribution in [1.82, 2.24) is 43.2 Å². The number of nitrogens with zero attached hydrogens (tertiary/aromatic N) is 8. The first-order chi connectivity index (χ1) is 28.7. The van der Waals surface area contributed by atoms with Gasteiger partial charge in [0, 0.05) is 63.1 Å². The molecule has 3 aliphatic heterocycles. The van der Waals surface area contributed by atoms with Gasteiger partial charge in [0.1, 0.15) is 41.8 Å². The van der Waals surface area contributed by atoms with Crippen LogP contribution in [0.15, 0.2) is 58.6 Å². The predicted molar refractivity (Wildman–Crippen MR) is 218 cm³/mol. The number of imide groups is 1. The molecule has 3 fully saturated rings. The molecule has 5 aromatic rings. The third kappa shape index (κ3) is 7.36. The van der Waals surface area contributed by atoms with E-state index in [-0.39, 0.29) is 69.6 Å². The van der Waals surface area contributed by atoms with Crippen molar-refractivity contribution in [3.05, 3.63) is 70.9 Å². The second kappa shape index (κ2) is 15.8. The Kier molecular flexibility index (Phi) is 10.7. The number of imidazole rings is 1. The molecule has 5 N–H and O–H groups in total. The van der Waals surface area contributed by atoms with Gasteiger partial charge in [-0.25, -0.2) is 22.6 Å². The van der Waals surface area contributed by atoms with Gasteiger partial charge >= 0.3 is 5.69 Å². The van der Waals surface area contributed by atoms with E-state index in [0.29, 0.717) is 55.1 Å². The Labute approximate surface area is 343 Å². The minimum absolute atomic E-state index is 0.00803. The zero-order chi connectivity index (χ0) is 42.5. The van der Waals surface area contributed by atoms with Crippen LogP contribution >= 0.6 is 0 Å². The highest BCUT2D eigenvalue weighted by Crippen LogP contribution is 2.42. The van der Waals surface area contributed by atoms with Gasteiger partial charge in [0.05, 0.1) is 22.2 Å². The van der Waals surface area contributed by atoms with Crippen molar-refractivity contribution >= 4 is 61.9 Å². The number of hydrogen-bond donors (Lipinski definition) is 4. The lowest BCUT2D eigenvalue weighted by Gasteiger charge is -2.53. The van der Waals surface area contributed by atoms with Crippen LogP contribution in [-0.4, -0.2) is 110 Å². The van der Waals surface area contributed by atoms with E-state index in [1.807, 2.05) is 13.8 Å². The van der Waals surface area contributed by atoms with E-state index in [2.05, 4.69) is 30.6 Å². The number of amides is 2. The van der Waals surface area contributed by atoms with E-state index in [0.717, 1.165) is 31.7 Å². The highest BCUT2D eigenvalue weighted by atomic mass is 32.2. The zero-order valence-corrected chi connectivity index (χ0v) is 34.0. The van der Waals surface area contributed by atoms with Gasteiger partial charge in [0.25, 0.3) is 0 Å². The number of likely N-dealkylation sites (tertiary alicyclic amines) is 1. The van der Waals surface area contributed by atoms with E-state index in [4.69, 9.17) is 20.6 Å². The molecule has 21 heteroatoms. The molecule has 0 saturated carbocycles. The number of allylic oxidation sites excluding steroid dienone is 1. The molecule has 3 aliphatic rings. The molecular weight excluding hydrogens is 800 g/mol. The van der Waals surface area contributed by atoms with Crippen LogP contribution in [0.2, 0.25) is 0 Å². The lowest BCUT2D eigenvalue weighted by atomic mass is 9.75. The Morgan fingerprint density at radius 2 is 1.98 bits per heavy atom. The molecule has 60 heavy (non-hydrogen) atoms. The number of rotatable bonds is 13. The van der Waals surface area contributed by atoms with E-state index < -0.39 is 27.8 Å². The quantitative estimate of drug-likeness (QED) is 0.0987. The molecule has 6 heterocycles. The molecule has 0 aliphatic carbocycles. The van der Waals surface area contributed by atoms with Crippen molar-refractivity contribution in [3.63, 3.8) is 0 Å². The third-order valence-electron chi connectivity index (χ3n) is 11.1. The number of sulfonamides is 1. The number of fused-ring (bicyclic) bond motifs is 2. The summed E-state index contributed by atoms with van der Waals surface area (Å²) in [5.41, 5.74) is 6.95. The average molecular weight is 845 g/mol. The van der Waals surface area contributed by atoms with Gasteiger partial charge in [0.15, 0.2) is 5.75 Å². The smallest absolute Gasteiger partial charge is 0.329 e. The number of anilines is 2.